The zero-order chi connectivity index (χ0) is 20.5. The quantitative estimate of drug-likeness (QED) is 0.719. The number of carbonyl (C=O) groups excluding carboxylic acids is 1. The number of benzene rings is 1. The second-order valence-corrected chi connectivity index (χ2v) is 7.18. The van der Waals surface area contributed by atoms with Gasteiger partial charge < -0.3 is 19.9 Å². The number of tetrazole rings is 1. The molecule has 150 valence electrons. The van der Waals surface area contributed by atoms with Gasteiger partial charge in [-0.15, -0.1) is 5.10 Å². The SMILES string of the molecule is CCOC1CC(NC(=O)c2ccc(OC)c(-n3cnnn3)c2)(C(=O)O)C1(C)C. The Morgan fingerprint density at radius 2 is 2.14 bits per heavy atom. The summed E-state index contributed by atoms with van der Waals surface area (Å²) in [6.07, 6.45) is 1.33. The Morgan fingerprint density at radius 1 is 1.39 bits per heavy atom. The summed E-state index contributed by atoms with van der Waals surface area (Å²) in [7, 11) is 1.49. The average molecular weight is 389 g/mol. The van der Waals surface area contributed by atoms with Crippen LogP contribution in [0.4, 0.5) is 0 Å². The number of carboxylic acid groups (broad SMARTS) is 1. The highest BCUT2D eigenvalue weighted by Crippen LogP contribution is 2.51. The summed E-state index contributed by atoms with van der Waals surface area (Å²) in [6, 6.07) is 4.71. The van der Waals surface area contributed by atoms with Crippen LogP contribution in [0.15, 0.2) is 24.5 Å². The molecule has 10 nitrogen and oxygen atoms in total. The van der Waals surface area contributed by atoms with E-state index in [2.05, 4.69) is 20.8 Å². The van der Waals surface area contributed by atoms with Gasteiger partial charge in [-0.2, -0.15) is 4.68 Å². The first kappa shape index (κ1) is 19.7. The topological polar surface area (TPSA) is 128 Å². The van der Waals surface area contributed by atoms with E-state index in [1.165, 1.54) is 18.1 Å². The number of carboxylic acids is 1. The molecule has 2 N–H and O–H groups in total. The predicted molar refractivity (Wildman–Crippen MR) is 97.4 cm³/mol. The second kappa shape index (κ2) is 7.19. The van der Waals surface area contributed by atoms with Gasteiger partial charge >= 0.3 is 5.97 Å². The van der Waals surface area contributed by atoms with Crippen molar-refractivity contribution in [3.63, 3.8) is 0 Å². The van der Waals surface area contributed by atoms with Gasteiger partial charge in [0.15, 0.2) is 0 Å². The van der Waals surface area contributed by atoms with Crippen molar-refractivity contribution in [1.29, 1.82) is 0 Å². The van der Waals surface area contributed by atoms with Crippen LogP contribution in [-0.4, -0.2) is 62.5 Å². The molecule has 3 rings (SSSR count). The fourth-order valence-electron chi connectivity index (χ4n) is 3.58. The lowest BCUT2D eigenvalue weighted by molar-refractivity contribution is -0.190. The molecular weight excluding hydrogens is 366 g/mol. The number of methoxy groups -OCH3 is 1. The third kappa shape index (κ3) is 2.99. The van der Waals surface area contributed by atoms with Crippen molar-refractivity contribution in [2.45, 2.75) is 38.8 Å². The number of hydrogen-bond acceptors (Lipinski definition) is 7. The summed E-state index contributed by atoms with van der Waals surface area (Å²) in [4.78, 5) is 25.0. The van der Waals surface area contributed by atoms with Gasteiger partial charge in [0.05, 0.1) is 13.2 Å². The van der Waals surface area contributed by atoms with Crippen LogP contribution in [0.1, 0.15) is 37.6 Å². The first-order valence-electron chi connectivity index (χ1n) is 8.85. The largest absolute Gasteiger partial charge is 0.494 e. The molecule has 1 aliphatic carbocycles. The number of hydrogen-bond donors (Lipinski definition) is 2. The molecule has 1 fully saturated rings. The lowest BCUT2D eigenvalue weighted by Gasteiger charge is -2.58. The molecule has 2 aromatic rings. The maximum Gasteiger partial charge on any atom is 0.330 e. The van der Waals surface area contributed by atoms with E-state index in [0.29, 0.717) is 18.0 Å². The zero-order valence-electron chi connectivity index (χ0n) is 16.2. The minimum Gasteiger partial charge on any atom is -0.494 e. The van der Waals surface area contributed by atoms with Crippen LogP contribution in [0, 0.1) is 5.41 Å². The van der Waals surface area contributed by atoms with Crippen molar-refractivity contribution in [2.75, 3.05) is 13.7 Å². The van der Waals surface area contributed by atoms with E-state index >= 15 is 0 Å². The van der Waals surface area contributed by atoms with Crippen molar-refractivity contribution in [1.82, 2.24) is 25.5 Å². The van der Waals surface area contributed by atoms with E-state index in [1.54, 1.807) is 32.0 Å². The fourth-order valence-corrected chi connectivity index (χ4v) is 3.58. The maximum absolute atomic E-state index is 12.9. The minimum atomic E-state index is -1.42. The Morgan fingerprint density at radius 3 is 2.68 bits per heavy atom. The molecule has 2 unspecified atom stereocenters. The van der Waals surface area contributed by atoms with E-state index < -0.39 is 22.8 Å². The monoisotopic (exact) mass is 389 g/mol. The summed E-state index contributed by atoms with van der Waals surface area (Å²) >= 11 is 0. The fraction of sp³-hybridized carbons (Fsp3) is 0.500. The summed E-state index contributed by atoms with van der Waals surface area (Å²) in [5.74, 6) is -1.13. The minimum absolute atomic E-state index is 0.199. The lowest BCUT2D eigenvalue weighted by atomic mass is 9.54. The third-order valence-corrected chi connectivity index (χ3v) is 5.49. The molecule has 0 spiro atoms. The van der Waals surface area contributed by atoms with Crippen molar-refractivity contribution in [3.05, 3.63) is 30.1 Å². The van der Waals surface area contributed by atoms with Crippen LogP contribution < -0.4 is 10.1 Å². The summed E-state index contributed by atoms with van der Waals surface area (Å²) in [5, 5.41) is 23.6. The Bertz CT molecular complexity index is 882. The molecule has 1 amide bonds. The molecule has 1 aromatic heterocycles. The van der Waals surface area contributed by atoms with Gasteiger partial charge in [0.25, 0.3) is 5.91 Å². The second-order valence-electron chi connectivity index (χ2n) is 7.18. The number of nitrogens with zero attached hydrogens (tertiary/aromatic N) is 4. The highest BCUT2D eigenvalue weighted by Gasteiger charge is 2.66. The van der Waals surface area contributed by atoms with Crippen LogP contribution in [0.2, 0.25) is 0 Å². The van der Waals surface area contributed by atoms with Gasteiger partial charge in [-0.05, 0) is 35.5 Å². The van der Waals surface area contributed by atoms with Crippen LogP contribution in [-0.2, 0) is 9.53 Å². The lowest BCUT2D eigenvalue weighted by Crippen LogP contribution is -2.76. The van der Waals surface area contributed by atoms with Crippen molar-refractivity contribution in [2.24, 2.45) is 5.41 Å². The Kier molecular flexibility index (Phi) is 5.07. The molecule has 0 radical (unpaired) electrons. The molecular formula is C18H23N5O5. The first-order chi connectivity index (χ1) is 13.3. The average Bonchev–Trinajstić information content (AvgIpc) is 3.20. The number of carbonyl (C=O) groups is 2. The maximum atomic E-state index is 12.9. The smallest absolute Gasteiger partial charge is 0.330 e. The van der Waals surface area contributed by atoms with E-state index in [-0.39, 0.29) is 18.1 Å². The normalized spacial score (nSPS) is 22.9. The van der Waals surface area contributed by atoms with Crippen LogP contribution in [0.25, 0.3) is 5.69 Å². The number of amides is 1. The van der Waals surface area contributed by atoms with Crippen molar-refractivity contribution >= 4 is 11.9 Å². The van der Waals surface area contributed by atoms with Gasteiger partial charge in [0.2, 0.25) is 0 Å². The molecule has 1 saturated carbocycles. The van der Waals surface area contributed by atoms with Gasteiger partial charge in [0.1, 0.15) is 23.3 Å². The number of aliphatic carboxylic acids is 1. The van der Waals surface area contributed by atoms with Crippen LogP contribution in [0.3, 0.4) is 0 Å². The molecule has 0 bridgehead atoms. The van der Waals surface area contributed by atoms with Crippen LogP contribution in [0.5, 0.6) is 5.75 Å². The molecule has 0 saturated heterocycles. The van der Waals surface area contributed by atoms with Gasteiger partial charge in [-0.1, -0.05) is 13.8 Å². The summed E-state index contributed by atoms with van der Waals surface area (Å²) in [6.45, 7) is 5.90. The molecule has 1 aliphatic rings. The summed E-state index contributed by atoms with van der Waals surface area (Å²) < 4.78 is 12.3. The third-order valence-electron chi connectivity index (χ3n) is 5.49. The van der Waals surface area contributed by atoms with Gasteiger partial charge in [0, 0.05) is 24.0 Å². The number of nitrogens with one attached hydrogen (secondary N) is 1. The molecule has 1 aromatic carbocycles. The highest BCUT2D eigenvalue weighted by molar-refractivity contribution is 5.99. The van der Waals surface area contributed by atoms with Crippen LogP contribution >= 0.6 is 0 Å². The van der Waals surface area contributed by atoms with E-state index in [4.69, 9.17) is 9.47 Å². The van der Waals surface area contributed by atoms with Gasteiger partial charge in [-0.3, -0.25) is 4.79 Å². The Hall–Kier alpha value is -3.01. The highest BCUT2D eigenvalue weighted by atomic mass is 16.5. The molecule has 0 aliphatic heterocycles. The molecule has 10 heteroatoms. The van der Waals surface area contributed by atoms with E-state index in [1.807, 2.05) is 6.92 Å². The number of ether oxygens (including phenoxy) is 2. The Balaban J connectivity index is 1.90. The number of rotatable bonds is 7. The van der Waals surface area contributed by atoms with E-state index in [0.717, 1.165) is 0 Å². The van der Waals surface area contributed by atoms with Crippen molar-refractivity contribution < 1.29 is 24.2 Å². The summed E-state index contributed by atoms with van der Waals surface area (Å²) in [5.41, 5.74) is -1.46. The first-order valence-corrected chi connectivity index (χ1v) is 8.85. The number of aromatic nitrogens is 4. The Labute approximate surface area is 161 Å². The zero-order valence-corrected chi connectivity index (χ0v) is 16.2. The molecule has 28 heavy (non-hydrogen) atoms. The molecule has 2 atom stereocenters. The van der Waals surface area contributed by atoms with Crippen molar-refractivity contribution in [3.8, 4) is 11.4 Å². The standard InChI is InChI=1S/C18H23N5O5/c1-5-28-14-9-18(16(25)26,17(14,2)3)20-15(24)11-6-7-13(27-4)12(8-11)23-10-19-21-22-23/h6-8,10,14H,5,9H2,1-4H3,(H,20,24)(H,25,26). The molecule has 1 heterocycles. The predicted octanol–water partition coefficient (Wildman–Crippen LogP) is 1.06. The van der Waals surface area contributed by atoms with Gasteiger partial charge in [-0.25, -0.2) is 4.79 Å². The van der Waals surface area contributed by atoms with E-state index in [9.17, 15) is 14.7 Å².